The number of rotatable bonds is 3. The number of piperidine rings is 1. The van der Waals surface area contributed by atoms with Crippen LogP contribution in [0.15, 0.2) is 18.2 Å². The molecule has 1 aromatic carbocycles. The molecule has 4 nitrogen and oxygen atoms in total. The fourth-order valence-electron chi connectivity index (χ4n) is 2.62. The van der Waals surface area contributed by atoms with Gasteiger partial charge in [-0.1, -0.05) is 6.07 Å². The van der Waals surface area contributed by atoms with Gasteiger partial charge in [-0.05, 0) is 51.2 Å². The average molecular weight is 249 g/mol. The first-order valence-electron chi connectivity index (χ1n) is 6.52. The van der Waals surface area contributed by atoms with Crippen molar-refractivity contribution < 1.29 is 5.11 Å². The predicted octanol–water partition coefficient (Wildman–Crippen LogP) is 1.50. The van der Waals surface area contributed by atoms with E-state index in [0.29, 0.717) is 11.7 Å². The third kappa shape index (κ3) is 3.15. The zero-order chi connectivity index (χ0) is 13.1. The lowest BCUT2D eigenvalue weighted by Crippen LogP contribution is -2.44. The van der Waals surface area contributed by atoms with Crippen molar-refractivity contribution in [3.63, 3.8) is 0 Å². The number of likely N-dealkylation sites (N-methyl/N-ethyl adjacent to an activating group) is 2. The lowest BCUT2D eigenvalue weighted by Gasteiger charge is -2.36. The summed E-state index contributed by atoms with van der Waals surface area (Å²) in [6, 6.07) is 6.08. The first kappa shape index (κ1) is 13.2. The van der Waals surface area contributed by atoms with Crippen LogP contribution in [-0.2, 0) is 6.54 Å². The highest BCUT2D eigenvalue weighted by Crippen LogP contribution is 2.22. The predicted molar refractivity (Wildman–Crippen MR) is 74.5 cm³/mol. The number of phenolic OH excluding ortho intramolecular Hbond substituents is 1. The molecule has 0 bridgehead atoms. The van der Waals surface area contributed by atoms with Crippen LogP contribution < -0.4 is 5.73 Å². The molecule has 18 heavy (non-hydrogen) atoms. The summed E-state index contributed by atoms with van der Waals surface area (Å²) < 4.78 is 0. The third-order valence-corrected chi connectivity index (χ3v) is 3.75. The summed E-state index contributed by atoms with van der Waals surface area (Å²) in [6.45, 7) is 3.21. The molecule has 0 aromatic heterocycles. The minimum absolute atomic E-state index is 0.166. The van der Waals surface area contributed by atoms with E-state index >= 15 is 0 Å². The Morgan fingerprint density at radius 2 is 2.28 bits per heavy atom. The van der Waals surface area contributed by atoms with E-state index in [-0.39, 0.29) is 5.75 Å². The minimum Gasteiger partial charge on any atom is -0.506 e. The van der Waals surface area contributed by atoms with Crippen LogP contribution in [0.1, 0.15) is 18.4 Å². The number of anilines is 1. The highest BCUT2D eigenvalue weighted by atomic mass is 16.3. The quantitative estimate of drug-likeness (QED) is 0.629. The van der Waals surface area contributed by atoms with Gasteiger partial charge in [-0.15, -0.1) is 0 Å². The van der Waals surface area contributed by atoms with E-state index in [2.05, 4.69) is 23.9 Å². The van der Waals surface area contributed by atoms with Crippen molar-refractivity contribution in [2.24, 2.45) is 0 Å². The molecule has 1 fully saturated rings. The minimum atomic E-state index is 0.166. The van der Waals surface area contributed by atoms with Gasteiger partial charge in [-0.3, -0.25) is 4.90 Å². The fourth-order valence-corrected chi connectivity index (χ4v) is 2.62. The molecular formula is C14H23N3O. The molecule has 0 amide bonds. The topological polar surface area (TPSA) is 52.7 Å². The second-order valence-corrected chi connectivity index (χ2v) is 5.37. The van der Waals surface area contributed by atoms with Gasteiger partial charge in [0.2, 0.25) is 0 Å². The molecule has 0 saturated carbocycles. The maximum absolute atomic E-state index is 9.42. The lowest BCUT2D eigenvalue weighted by molar-refractivity contribution is 0.129. The molecule has 1 aliphatic heterocycles. The summed E-state index contributed by atoms with van der Waals surface area (Å²) in [5, 5.41) is 9.42. The van der Waals surface area contributed by atoms with Gasteiger partial charge in [0.15, 0.2) is 0 Å². The third-order valence-electron chi connectivity index (χ3n) is 3.75. The first-order chi connectivity index (χ1) is 8.56. The van der Waals surface area contributed by atoms with E-state index in [4.69, 9.17) is 5.73 Å². The van der Waals surface area contributed by atoms with E-state index in [1.807, 2.05) is 12.1 Å². The Morgan fingerprint density at radius 1 is 1.50 bits per heavy atom. The van der Waals surface area contributed by atoms with Gasteiger partial charge >= 0.3 is 0 Å². The van der Waals surface area contributed by atoms with E-state index in [1.54, 1.807) is 6.07 Å². The molecule has 1 heterocycles. The fraction of sp³-hybridized carbons (Fsp3) is 0.571. The van der Waals surface area contributed by atoms with Gasteiger partial charge in [-0.25, -0.2) is 0 Å². The van der Waals surface area contributed by atoms with Gasteiger partial charge in [0, 0.05) is 19.1 Å². The first-order valence-corrected chi connectivity index (χ1v) is 6.52. The van der Waals surface area contributed by atoms with E-state index in [9.17, 15) is 5.11 Å². The molecule has 3 N–H and O–H groups in total. The molecule has 1 atom stereocenters. The van der Waals surface area contributed by atoms with Crippen LogP contribution in [0.2, 0.25) is 0 Å². The number of likely N-dealkylation sites (tertiary alicyclic amines) is 1. The summed E-state index contributed by atoms with van der Waals surface area (Å²) in [4.78, 5) is 4.76. The Morgan fingerprint density at radius 3 is 2.94 bits per heavy atom. The van der Waals surface area contributed by atoms with Crippen LogP contribution in [-0.4, -0.2) is 48.1 Å². The Bertz CT molecular complexity index is 408. The maximum Gasteiger partial charge on any atom is 0.138 e. The van der Waals surface area contributed by atoms with E-state index in [1.165, 1.54) is 19.4 Å². The summed E-state index contributed by atoms with van der Waals surface area (Å²) in [5.74, 6) is 0.166. The zero-order valence-electron chi connectivity index (χ0n) is 11.3. The molecule has 0 radical (unpaired) electrons. The molecule has 1 saturated heterocycles. The van der Waals surface area contributed by atoms with E-state index < -0.39 is 0 Å². The highest BCUT2D eigenvalue weighted by Gasteiger charge is 2.20. The van der Waals surface area contributed by atoms with Gasteiger partial charge in [0.1, 0.15) is 5.75 Å². The second kappa shape index (κ2) is 5.59. The highest BCUT2D eigenvalue weighted by molar-refractivity contribution is 5.53. The van der Waals surface area contributed by atoms with Crippen molar-refractivity contribution in [2.75, 3.05) is 32.9 Å². The molecule has 100 valence electrons. The number of aromatic hydroxyl groups is 1. The van der Waals surface area contributed by atoms with Crippen molar-refractivity contribution in [2.45, 2.75) is 25.4 Å². The molecule has 1 unspecified atom stereocenters. The van der Waals surface area contributed by atoms with Crippen LogP contribution >= 0.6 is 0 Å². The van der Waals surface area contributed by atoms with Crippen LogP contribution in [0.4, 0.5) is 5.69 Å². The van der Waals surface area contributed by atoms with Crippen LogP contribution in [0.25, 0.3) is 0 Å². The number of hydrogen-bond acceptors (Lipinski definition) is 4. The molecular weight excluding hydrogens is 226 g/mol. The lowest BCUT2D eigenvalue weighted by atomic mass is 10.0. The van der Waals surface area contributed by atoms with Gasteiger partial charge in [-0.2, -0.15) is 0 Å². The van der Waals surface area contributed by atoms with Crippen molar-refractivity contribution in [1.82, 2.24) is 9.80 Å². The molecule has 0 spiro atoms. The smallest absolute Gasteiger partial charge is 0.138 e. The van der Waals surface area contributed by atoms with Crippen LogP contribution in [0.5, 0.6) is 5.75 Å². The Balaban J connectivity index is 1.97. The number of nitrogen functional groups attached to an aromatic ring is 1. The van der Waals surface area contributed by atoms with E-state index in [0.717, 1.165) is 18.7 Å². The molecule has 1 aromatic rings. The summed E-state index contributed by atoms with van der Waals surface area (Å²) in [5.41, 5.74) is 7.33. The zero-order valence-corrected chi connectivity index (χ0v) is 11.3. The van der Waals surface area contributed by atoms with Crippen LogP contribution in [0, 0.1) is 0 Å². The number of phenols is 1. The normalized spacial score (nSPS) is 21.4. The Labute approximate surface area is 109 Å². The largest absolute Gasteiger partial charge is 0.506 e. The Kier molecular flexibility index (Phi) is 4.09. The van der Waals surface area contributed by atoms with Crippen LogP contribution in [0.3, 0.4) is 0 Å². The maximum atomic E-state index is 9.42. The standard InChI is InChI=1S/C14H23N3O/c1-16-7-3-4-12(10-16)17(2)9-11-5-6-14(18)13(15)8-11/h5-6,8,12,18H,3-4,7,9-10,15H2,1-2H3. The summed E-state index contributed by atoms with van der Waals surface area (Å²) in [6.07, 6.45) is 2.53. The molecule has 4 heteroatoms. The van der Waals surface area contributed by atoms with Crippen molar-refractivity contribution in [3.8, 4) is 5.75 Å². The number of nitrogens with two attached hydrogens (primary N) is 1. The van der Waals surface area contributed by atoms with Crippen molar-refractivity contribution >= 4 is 5.69 Å². The monoisotopic (exact) mass is 249 g/mol. The SMILES string of the molecule is CN1CCCC(N(C)Cc2ccc(O)c(N)c2)C1. The number of nitrogens with zero attached hydrogens (tertiary/aromatic N) is 2. The Hall–Kier alpha value is -1.26. The van der Waals surface area contributed by atoms with Crippen molar-refractivity contribution in [1.29, 1.82) is 0 Å². The van der Waals surface area contributed by atoms with Gasteiger partial charge in [0.05, 0.1) is 5.69 Å². The van der Waals surface area contributed by atoms with Gasteiger partial charge in [0.25, 0.3) is 0 Å². The average Bonchev–Trinajstić information content (AvgIpc) is 2.34. The van der Waals surface area contributed by atoms with Gasteiger partial charge < -0.3 is 15.7 Å². The molecule has 2 rings (SSSR count). The summed E-state index contributed by atoms with van der Waals surface area (Å²) in [7, 11) is 4.34. The second-order valence-electron chi connectivity index (χ2n) is 5.37. The van der Waals surface area contributed by atoms with Crippen molar-refractivity contribution in [3.05, 3.63) is 23.8 Å². The molecule has 0 aliphatic carbocycles. The number of hydrogen-bond donors (Lipinski definition) is 2. The molecule has 1 aliphatic rings. The summed E-state index contributed by atoms with van der Waals surface area (Å²) >= 11 is 0. The number of benzene rings is 1.